The van der Waals surface area contributed by atoms with Crippen LogP contribution >= 0.6 is 0 Å². The van der Waals surface area contributed by atoms with Gasteiger partial charge in [-0.3, -0.25) is 0 Å². The minimum atomic E-state index is -0.976. The first kappa shape index (κ1) is 23.2. The molecular weight excluding hydrogens is 462 g/mol. The molecule has 0 aliphatic carbocycles. The van der Waals surface area contributed by atoms with Gasteiger partial charge >= 0.3 is 5.97 Å². The number of hydrogen-bond donors (Lipinski definition) is 1. The van der Waals surface area contributed by atoms with Crippen molar-refractivity contribution in [1.82, 2.24) is 9.97 Å². The van der Waals surface area contributed by atoms with Crippen molar-refractivity contribution in [1.29, 1.82) is 0 Å². The maximum absolute atomic E-state index is 11.5. The van der Waals surface area contributed by atoms with Gasteiger partial charge in [-0.2, -0.15) is 0 Å². The number of hydrogen-bond acceptors (Lipinski definition) is 5. The average Bonchev–Trinajstić information content (AvgIpc) is 2.91. The van der Waals surface area contributed by atoms with E-state index in [1.807, 2.05) is 12.1 Å². The number of ether oxygens (including phenoxy) is 1. The molecule has 0 amide bonds. The number of rotatable bonds is 8. The first-order chi connectivity index (χ1) is 18.1. The fourth-order valence-electron chi connectivity index (χ4n) is 5.21. The maximum Gasteiger partial charge on any atom is 0.335 e. The first-order valence-electron chi connectivity index (χ1n) is 13.0. The number of carboxylic acids is 1. The fourth-order valence-corrected chi connectivity index (χ4v) is 5.21. The smallest absolute Gasteiger partial charge is 0.335 e. The minimum Gasteiger partial charge on any atom is -0.478 e. The number of aromatic nitrogens is 2. The zero-order valence-electron chi connectivity index (χ0n) is 21.1. The highest BCUT2D eigenvalue weighted by molar-refractivity contribution is 6.16. The lowest BCUT2D eigenvalue weighted by molar-refractivity contribution is 0.0697. The molecule has 0 unspecified atom stereocenters. The zero-order valence-corrected chi connectivity index (χ0v) is 21.1. The quantitative estimate of drug-likeness (QED) is 0.173. The van der Waals surface area contributed by atoms with Crippen LogP contribution in [0.3, 0.4) is 0 Å². The van der Waals surface area contributed by atoms with E-state index in [9.17, 15) is 9.90 Å². The van der Waals surface area contributed by atoms with Crippen LogP contribution in [-0.2, 0) is 0 Å². The molecule has 4 aromatic carbocycles. The summed E-state index contributed by atoms with van der Waals surface area (Å²) in [6.07, 6.45) is 4.64. The number of unbranched alkanes of at least 4 members (excludes halogenated alkanes) is 2. The third-order valence-corrected chi connectivity index (χ3v) is 7.17. The van der Waals surface area contributed by atoms with Crippen molar-refractivity contribution in [2.45, 2.75) is 39.5 Å². The second kappa shape index (κ2) is 9.36. The molecule has 5 aromatic rings. The molecule has 2 heterocycles. The Hall–Kier alpha value is -4.19. The average molecular weight is 492 g/mol. The van der Waals surface area contributed by atoms with Gasteiger partial charge in [0.1, 0.15) is 11.5 Å². The molecule has 1 aromatic heterocycles. The molecule has 0 fully saturated rings. The molecule has 6 heteroatoms. The number of carboxylic acid groups (broad SMARTS) is 1. The van der Waals surface area contributed by atoms with E-state index in [1.165, 1.54) is 5.69 Å². The van der Waals surface area contributed by atoms with Gasteiger partial charge < -0.3 is 14.7 Å². The summed E-state index contributed by atoms with van der Waals surface area (Å²) < 4.78 is 6.49. The van der Waals surface area contributed by atoms with Crippen LogP contribution in [0.1, 0.15) is 49.9 Å². The predicted octanol–water partition coefficient (Wildman–Crippen LogP) is 7.81. The largest absolute Gasteiger partial charge is 0.478 e. The third kappa shape index (κ3) is 4.02. The van der Waals surface area contributed by atoms with E-state index in [1.54, 1.807) is 18.2 Å². The lowest BCUT2D eigenvalue weighted by Crippen LogP contribution is -2.25. The summed E-state index contributed by atoms with van der Waals surface area (Å²) in [4.78, 5) is 23.7. The molecule has 0 saturated heterocycles. The number of anilines is 1. The lowest BCUT2D eigenvalue weighted by Gasteiger charge is -2.27. The number of fused-ring (bicyclic) bond motifs is 5. The summed E-state index contributed by atoms with van der Waals surface area (Å²) in [5.41, 5.74) is 6.23. The van der Waals surface area contributed by atoms with E-state index < -0.39 is 5.97 Å². The Morgan fingerprint density at radius 1 is 0.838 bits per heavy atom. The van der Waals surface area contributed by atoms with Gasteiger partial charge in [-0.1, -0.05) is 38.8 Å². The SMILES string of the molecule is CCCCN(CCCC)c1ccc2c(c1)Oc1cccc3c1c-2cc1nc2cc(C(=O)O)ccc2nc13. The van der Waals surface area contributed by atoms with Gasteiger partial charge in [-0.25, -0.2) is 14.8 Å². The second-order valence-corrected chi connectivity index (χ2v) is 9.68. The Balaban J connectivity index is 1.52. The first-order valence-corrected chi connectivity index (χ1v) is 13.0. The Kier molecular flexibility index (Phi) is 5.87. The van der Waals surface area contributed by atoms with E-state index in [0.29, 0.717) is 11.0 Å². The van der Waals surface area contributed by atoms with E-state index in [0.717, 1.165) is 83.2 Å². The molecule has 1 aliphatic heterocycles. The Morgan fingerprint density at radius 2 is 1.65 bits per heavy atom. The third-order valence-electron chi connectivity index (χ3n) is 7.17. The van der Waals surface area contributed by atoms with E-state index in [-0.39, 0.29) is 5.56 Å². The van der Waals surface area contributed by atoms with Crippen molar-refractivity contribution >= 4 is 44.5 Å². The second-order valence-electron chi connectivity index (χ2n) is 9.68. The van der Waals surface area contributed by atoms with Crippen molar-refractivity contribution in [2.24, 2.45) is 0 Å². The molecule has 1 aliphatic rings. The van der Waals surface area contributed by atoms with E-state index >= 15 is 0 Å². The normalized spacial score (nSPS) is 12.1. The lowest BCUT2D eigenvalue weighted by atomic mass is 9.93. The fraction of sp³-hybridized carbons (Fsp3) is 0.258. The number of aromatic carboxylic acids is 1. The molecule has 37 heavy (non-hydrogen) atoms. The highest BCUT2D eigenvalue weighted by atomic mass is 16.5. The summed E-state index contributed by atoms with van der Waals surface area (Å²) in [6, 6.07) is 19.5. The number of carbonyl (C=O) groups is 1. The minimum absolute atomic E-state index is 0.201. The predicted molar refractivity (Wildman–Crippen MR) is 149 cm³/mol. The molecule has 0 atom stereocenters. The molecule has 186 valence electrons. The monoisotopic (exact) mass is 491 g/mol. The molecule has 0 radical (unpaired) electrons. The highest BCUT2D eigenvalue weighted by Crippen LogP contribution is 2.49. The van der Waals surface area contributed by atoms with Crippen LogP contribution in [0.2, 0.25) is 0 Å². The van der Waals surface area contributed by atoms with E-state index in [4.69, 9.17) is 14.7 Å². The Labute approximate surface area is 215 Å². The van der Waals surface area contributed by atoms with Gasteiger partial charge in [0.05, 0.1) is 27.6 Å². The molecule has 0 spiro atoms. The zero-order chi connectivity index (χ0) is 25.5. The molecular formula is C31H29N3O3. The standard InChI is InChI=1S/C31H29N3O3/c1-3-5-14-34(15-6-4-2)20-11-12-21-23-18-26-30(22-8-7-9-27(29(22)23)37-28(21)17-20)33-24-13-10-19(31(35)36)16-25(24)32-26/h7-13,16-18H,3-6,14-15H2,1-2H3,(H,35,36). The van der Waals surface area contributed by atoms with Gasteiger partial charge in [0, 0.05) is 41.2 Å². The summed E-state index contributed by atoms with van der Waals surface area (Å²) in [7, 11) is 0. The number of benzene rings is 4. The van der Waals surface area contributed by atoms with Crippen LogP contribution in [0.15, 0.2) is 60.7 Å². The van der Waals surface area contributed by atoms with Crippen molar-refractivity contribution < 1.29 is 14.6 Å². The molecule has 0 saturated carbocycles. The van der Waals surface area contributed by atoms with Gasteiger partial charge in [0.2, 0.25) is 0 Å². The van der Waals surface area contributed by atoms with Crippen LogP contribution < -0.4 is 9.64 Å². The van der Waals surface area contributed by atoms with Crippen LogP contribution in [0, 0.1) is 0 Å². The van der Waals surface area contributed by atoms with Crippen LogP contribution in [0.4, 0.5) is 5.69 Å². The highest BCUT2D eigenvalue weighted by Gasteiger charge is 2.24. The van der Waals surface area contributed by atoms with Gasteiger partial charge in [-0.05, 0) is 60.9 Å². The van der Waals surface area contributed by atoms with E-state index in [2.05, 4.69) is 49.1 Å². The summed E-state index contributed by atoms with van der Waals surface area (Å²) in [5, 5.41) is 11.4. The van der Waals surface area contributed by atoms with Gasteiger partial charge in [-0.15, -0.1) is 0 Å². The van der Waals surface area contributed by atoms with Gasteiger partial charge in [0.15, 0.2) is 0 Å². The molecule has 6 rings (SSSR count). The van der Waals surface area contributed by atoms with Crippen molar-refractivity contribution in [2.75, 3.05) is 18.0 Å². The van der Waals surface area contributed by atoms with Crippen LogP contribution in [0.25, 0.3) is 44.0 Å². The summed E-state index contributed by atoms with van der Waals surface area (Å²) >= 11 is 0. The summed E-state index contributed by atoms with van der Waals surface area (Å²) in [6.45, 7) is 6.52. The molecule has 1 N–H and O–H groups in total. The maximum atomic E-state index is 11.5. The van der Waals surface area contributed by atoms with Crippen molar-refractivity contribution in [3.63, 3.8) is 0 Å². The molecule has 0 bridgehead atoms. The van der Waals surface area contributed by atoms with Crippen molar-refractivity contribution in [3.05, 3.63) is 66.2 Å². The van der Waals surface area contributed by atoms with Gasteiger partial charge in [0.25, 0.3) is 0 Å². The summed E-state index contributed by atoms with van der Waals surface area (Å²) in [5.74, 6) is 0.684. The topological polar surface area (TPSA) is 75.5 Å². The molecule has 6 nitrogen and oxygen atoms in total. The Morgan fingerprint density at radius 3 is 2.41 bits per heavy atom. The number of nitrogens with zero attached hydrogens (tertiary/aromatic N) is 3. The van der Waals surface area contributed by atoms with Crippen molar-refractivity contribution in [3.8, 4) is 22.6 Å². The van der Waals surface area contributed by atoms with Crippen LogP contribution in [0.5, 0.6) is 11.5 Å². The van der Waals surface area contributed by atoms with Crippen LogP contribution in [-0.4, -0.2) is 34.1 Å². The Bertz CT molecular complexity index is 1670.